The number of ether oxygens (including phenoxy) is 1. The number of thiocarbonyl (C=S) groups is 2. The van der Waals surface area contributed by atoms with Gasteiger partial charge in [0.1, 0.15) is 11.5 Å². The molecule has 0 aliphatic carbocycles. The van der Waals surface area contributed by atoms with Crippen molar-refractivity contribution in [3.8, 4) is 0 Å². The molecule has 0 saturated carbocycles. The Morgan fingerprint density at radius 2 is 1.55 bits per heavy atom. The van der Waals surface area contributed by atoms with Gasteiger partial charge in [-0.25, -0.2) is 0 Å². The average molecular weight is 468 g/mol. The molecule has 1 aromatic rings. The second kappa shape index (κ2) is 10.5. The van der Waals surface area contributed by atoms with Crippen LogP contribution in [0.2, 0.25) is 0 Å². The fourth-order valence-electron chi connectivity index (χ4n) is 3.42. The Morgan fingerprint density at radius 1 is 1.00 bits per heavy atom. The zero-order valence-corrected chi connectivity index (χ0v) is 20.9. The molecule has 31 heavy (non-hydrogen) atoms. The lowest BCUT2D eigenvalue weighted by Crippen LogP contribution is -2.62. The van der Waals surface area contributed by atoms with Crippen molar-refractivity contribution < 1.29 is 9.15 Å². The van der Waals surface area contributed by atoms with Crippen molar-refractivity contribution in [1.82, 2.24) is 26.4 Å². The van der Waals surface area contributed by atoms with E-state index in [1.165, 1.54) is 0 Å². The van der Waals surface area contributed by atoms with E-state index in [1.54, 1.807) is 14.1 Å². The third kappa shape index (κ3) is 6.70. The van der Waals surface area contributed by atoms with Gasteiger partial charge < -0.3 is 19.8 Å². The molecule has 0 aromatic carbocycles. The van der Waals surface area contributed by atoms with E-state index in [4.69, 9.17) is 33.6 Å². The van der Waals surface area contributed by atoms with Gasteiger partial charge in [-0.1, -0.05) is 0 Å². The van der Waals surface area contributed by atoms with Crippen LogP contribution in [0.25, 0.3) is 0 Å². The van der Waals surface area contributed by atoms with Gasteiger partial charge in [-0.05, 0) is 71.2 Å². The topological polar surface area (TPSA) is 98.5 Å². The van der Waals surface area contributed by atoms with E-state index < -0.39 is 0 Å². The highest BCUT2D eigenvalue weighted by molar-refractivity contribution is 7.80. The summed E-state index contributed by atoms with van der Waals surface area (Å²) in [6, 6.07) is 3.84. The summed E-state index contributed by atoms with van der Waals surface area (Å²) in [5, 5.41) is 15.1. The zero-order chi connectivity index (χ0) is 23.2. The molecule has 0 atom stereocenters. The highest BCUT2D eigenvalue weighted by atomic mass is 32.1. The molecule has 1 fully saturated rings. The van der Waals surface area contributed by atoms with E-state index in [0.717, 1.165) is 5.76 Å². The SMILES string of the molecule is CNC(=S)N/N=C(/C(C)=N/NC(=S)NC)c1ccc(CN2C(C)(C)COCC2(C)C)o1. The molecule has 0 unspecified atom stereocenters. The summed E-state index contributed by atoms with van der Waals surface area (Å²) in [6.07, 6.45) is 0. The first kappa shape index (κ1) is 25.2. The molecule has 2 heterocycles. The van der Waals surface area contributed by atoms with Gasteiger partial charge in [0.05, 0.1) is 25.5 Å². The van der Waals surface area contributed by atoms with Gasteiger partial charge in [-0.15, -0.1) is 0 Å². The van der Waals surface area contributed by atoms with E-state index >= 15 is 0 Å². The number of hydrogen-bond donors (Lipinski definition) is 4. The summed E-state index contributed by atoms with van der Waals surface area (Å²) < 4.78 is 12.0. The van der Waals surface area contributed by atoms with Gasteiger partial charge in [0.15, 0.2) is 16.0 Å². The third-order valence-corrected chi connectivity index (χ3v) is 5.56. The van der Waals surface area contributed by atoms with Crippen LogP contribution in [-0.4, -0.2) is 64.9 Å². The van der Waals surface area contributed by atoms with Crippen LogP contribution in [0.5, 0.6) is 0 Å². The molecule has 0 radical (unpaired) electrons. The average Bonchev–Trinajstić information content (AvgIpc) is 3.17. The first-order valence-electron chi connectivity index (χ1n) is 10.0. The second-order valence-corrected chi connectivity index (χ2v) is 9.33. The van der Waals surface area contributed by atoms with Crippen LogP contribution < -0.4 is 21.5 Å². The molecule has 1 aliphatic rings. The predicted octanol–water partition coefficient (Wildman–Crippen LogP) is 1.94. The molecule has 1 aliphatic heterocycles. The summed E-state index contributed by atoms with van der Waals surface area (Å²) in [7, 11) is 3.44. The monoisotopic (exact) mass is 467 g/mol. The third-order valence-electron chi connectivity index (χ3n) is 4.97. The summed E-state index contributed by atoms with van der Waals surface area (Å²) in [5.41, 5.74) is 6.42. The van der Waals surface area contributed by atoms with Crippen LogP contribution >= 0.6 is 24.4 Å². The standard InChI is InChI=1S/C20H33N7O2S2/c1-13(23-25-17(30)21-6)16(24-26-18(31)22-7)15-9-8-14(29-15)10-27-19(2,3)11-28-12-20(27,4)5/h8-9H,10-12H2,1-7H3,(H2,21,25,30)(H2,22,26,31)/b23-13+,24-16-. The molecule has 0 spiro atoms. The Hall–Kier alpha value is -2.08. The largest absolute Gasteiger partial charge is 0.458 e. The van der Waals surface area contributed by atoms with Gasteiger partial charge in [0.2, 0.25) is 0 Å². The van der Waals surface area contributed by atoms with E-state index in [1.807, 2.05) is 19.1 Å². The van der Waals surface area contributed by atoms with Crippen molar-refractivity contribution in [1.29, 1.82) is 0 Å². The number of rotatable bonds is 6. The number of furan rings is 1. The quantitative estimate of drug-likeness (QED) is 0.284. The molecule has 0 bridgehead atoms. The Labute approximate surface area is 195 Å². The van der Waals surface area contributed by atoms with Crippen LogP contribution in [-0.2, 0) is 11.3 Å². The van der Waals surface area contributed by atoms with Gasteiger partial charge in [0, 0.05) is 25.2 Å². The maximum absolute atomic E-state index is 6.18. The Bertz CT molecular complexity index is 845. The smallest absolute Gasteiger partial charge is 0.186 e. The fourth-order valence-corrected chi connectivity index (χ4v) is 3.51. The molecule has 4 N–H and O–H groups in total. The molecule has 1 aromatic heterocycles. The summed E-state index contributed by atoms with van der Waals surface area (Å²) >= 11 is 10.2. The number of hydrogen-bond acceptors (Lipinski definition) is 7. The Kier molecular flexibility index (Phi) is 8.52. The minimum absolute atomic E-state index is 0.115. The number of nitrogens with one attached hydrogen (secondary N) is 4. The number of hydrazone groups is 2. The van der Waals surface area contributed by atoms with Crippen molar-refractivity contribution in [2.24, 2.45) is 10.2 Å². The van der Waals surface area contributed by atoms with Crippen molar-refractivity contribution in [2.45, 2.75) is 52.2 Å². The molecule has 172 valence electrons. The van der Waals surface area contributed by atoms with Crippen molar-refractivity contribution in [3.63, 3.8) is 0 Å². The van der Waals surface area contributed by atoms with Crippen LogP contribution in [0.15, 0.2) is 26.8 Å². The fraction of sp³-hybridized carbons (Fsp3) is 0.600. The van der Waals surface area contributed by atoms with Crippen molar-refractivity contribution in [2.75, 3.05) is 27.3 Å². The minimum atomic E-state index is -0.115. The van der Waals surface area contributed by atoms with Crippen LogP contribution in [0.1, 0.15) is 46.1 Å². The van der Waals surface area contributed by atoms with Crippen molar-refractivity contribution in [3.05, 3.63) is 23.7 Å². The molecule has 9 nitrogen and oxygen atoms in total. The van der Waals surface area contributed by atoms with Gasteiger partial charge in [-0.2, -0.15) is 10.2 Å². The summed E-state index contributed by atoms with van der Waals surface area (Å²) in [6.45, 7) is 12.5. The van der Waals surface area contributed by atoms with Gasteiger partial charge in [-0.3, -0.25) is 15.8 Å². The minimum Gasteiger partial charge on any atom is -0.458 e. The maximum Gasteiger partial charge on any atom is 0.186 e. The molecular formula is C20H33N7O2S2. The van der Waals surface area contributed by atoms with E-state index in [0.29, 0.717) is 47.2 Å². The Balaban J connectivity index is 2.30. The lowest BCUT2D eigenvalue weighted by atomic mass is 9.91. The van der Waals surface area contributed by atoms with Crippen LogP contribution in [0.3, 0.4) is 0 Å². The summed E-state index contributed by atoms with van der Waals surface area (Å²) in [4.78, 5) is 2.41. The van der Waals surface area contributed by atoms with Gasteiger partial charge >= 0.3 is 0 Å². The molecule has 11 heteroatoms. The number of nitrogens with zero attached hydrogens (tertiary/aromatic N) is 3. The normalized spacial score (nSPS) is 18.9. The van der Waals surface area contributed by atoms with Gasteiger partial charge in [0.25, 0.3) is 0 Å². The second-order valence-electron chi connectivity index (χ2n) is 8.51. The lowest BCUT2D eigenvalue weighted by Gasteiger charge is -2.52. The van der Waals surface area contributed by atoms with Crippen LogP contribution in [0, 0.1) is 0 Å². The maximum atomic E-state index is 6.18. The van der Waals surface area contributed by atoms with E-state index in [9.17, 15) is 0 Å². The zero-order valence-electron chi connectivity index (χ0n) is 19.3. The Morgan fingerprint density at radius 3 is 2.10 bits per heavy atom. The first-order valence-corrected chi connectivity index (χ1v) is 10.8. The van der Waals surface area contributed by atoms with E-state index in [-0.39, 0.29) is 11.1 Å². The molecular weight excluding hydrogens is 434 g/mol. The lowest BCUT2D eigenvalue weighted by molar-refractivity contribution is -0.133. The highest BCUT2D eigenvalue weighted by Gasteiger charge is 2.42. The molecule has 1 saturated heterocycles. The number of morpholine rings is 1. The summed E-state index contributed by atoms with van der Waals surface area (Å²) in [5.74, 6) is 1.40. The van der Waals surface area contributed by atoms with Crippen LogP contribution in [0.4, 0.5) is 0 Å². The molecule has 2 rings (SSSR count). The predicted molar refractivity (Wildman–Crippen MR) is 132 cm³/mol. The first-order chi connectivity index (χ1) is 14.5. The highest BCUT2D eigenvalue weighted by Crippen LogP contribution is 2.32. The van der Waals surface area contributed by atoms with E-state index in [2.05, 4.69) is 64.3 Å². The van der Waals surface area contributed by atoms with Crippen molar-refractivity contribution >= 4 is 46.1 Å². The molecule has 0 amide bonds.